The summed E-state index contributed by atoms with van der Waals surface area (Å²) >= 11 is 0. The average Bonchev–Trinajstić information content (AvgIpc) is 2.17. The molecule has 0 saturated heterocycles. The van der Waals surface area contributed by atoms with E-state index in [1.165, 1.54) is 13.2 Å². The second-order valence-electron chi connectivity index (χ2n) is 3.00. The van der Waals surface area contributed by atoms with Crippen LogP contribution >= 0.6 is 0 Å². The minimum absolute atomic E-state index is 0.206. The van der Waals surface area contributed by atoms with Crippen molar-refractivity contribution in [2.24, 2.45) is 0 Å². The lowest BCUT2D eigenvalue weighted by Crippen LogP contribution is -2.04. The van der Waals surface area contributed by atoms with Gasteiger partial charge in [0.15, 0.2) is 11.6 Å². The summed E-state index contributed by atoms with van der Waals surface area (Å²) in [5.74, 6) is -0.232. The maximum absolute atomic E-state index is 13.1. The third-order valence-electron chi connectivity index (χ3n) is 1.89. The molecule has 0 spiro atoms. The van der Waals surface area contributed by atoms with Crippen LogP contribution in [-0.2, 0) is 0 Å². The van der Waals surface area contributed by atoms with Gasteiger partial charge in [0.1, 0.15) is 0 Å². The molecule has 0 atom stereocenters. The Labute approximate surface area is 83.1 Å². The highest BCUT2D eigenvalue weighted by Crippen LogP contribution is 2.27. The van der Waals surface area contributed by atoms with E-state index in [4.69, 9.17) is 10.5 Å². The van der Waals surface area contributed by atoms with Crippen LogP contribution in [0.25, 0.3) is 0 Å². The number of anilines is 2. The molecule has 0 aliphatic heterocycles. The highest BCUT2D eigenvalue weighted by molar-refractivity contribution is 5.68. The number of halogens is 1. The van der Waals surface area contributed by atoms with E-state index >= 15 is 0 Å². The predicted octanol–water partition coefficient (Wildman–Crippen LogP) is 2.24. The van der Waals surface area contributed by atoms with Crippen LogP contribution in [0.3, 0.4) is 0 Å². The van der Waals surface area contributed by atoms with E-state index < -0.39 is 5.82 Å². The molecule has 0 radical (unpaired) electrons. The van der Waals surface area contributed by atoms with Gasteiger partial charge in [-0.05, 0) is 6.42 Å². The van der Waals surface area contributed by atoms with Gasteiger partial charge in [0.25, 0.3) is 0 Å². The van der Waals surface area contributed by atoms with Crippen LogP contribution < -0.4 is 15.8 Å². The molecule has 14 heavy (non-hydrogen) atoms. The SMILES string of the molecule is CCCNc1cc(OC)c(F)cc1N. The standard InChI is InChI=1S/C10H15FN2O/c1-3-4-13-9-6-10(14-2)7(11)5-8(9)12/h5-6,13H,3-4,12H2,1-2H3. The second kappa shape index (κ2) is 4.69. The Morgan fingerprint density at radius 1 is 1.50 bits per heavy atom. The van der Waals surface area contributed by atoms with E-state index in [9.17, 15) is 4.39 Å². The zero-order chi connectivity index (χ0) is 10.6. The van der Waals surface area contributed by atoms with E-state index in [1.807, 2.05) is 6.92 Å². The van der Waals surface area contributed by atoms with Crippen LogP contribution in [0.2, 0.25) is 0 Å². The summed E-state index contributed by atoms with van der Waals surface area (Å²) in [6, 6.07) is 2.83. The first kappa shape index (κ1) is 10.6. The van der Waals surface area contributed by atoms with Crippen LogP contribution in [-0.4, -0.2) is 13.7 Å². The summed E-state index contributed by atoms with van der Waals surface area (Å²) in [6.45, 7) is 2.85. The minimum Gasteiger partial charge on any atom is -0.494 e. The van der Waals surface area contributed by atoms with Crippen LogP contribution in [0.15, 0.2) is 12.1 Å². The van der Waals surface area contributed by atoms with Crippen molar-refractivity contribution in [3.05, 3.63) is 17.9 Å². The number of hydrogen-bond acceptors (Lipinski definition) is 3. The van der Waals surface area contributed by atoms with E-state index in [0.717, 1.165) is 13.0 Å². The van der Waals surface area contributed by atoms with Gasteiger partial charge >= 0.3 is 0 Å². The number of nitrogen functional groups attached to an aromatic ring is 1. The average molecular weight is 198 g/mol. The Balaban J connectivity index is 2.92. The molecule has 0 aliphatic rings. The van der Waals surface area contributed by atoms with Crippen LogP contribution in [0.1, 0.15) is 13.3 Å². The van der Waals surface area contributed by atoms with Gasteiger partial charge in [-0.25, -0.2) is 4.39 Å². The molecular weight excluding hydrogens is 183 g/mol. The summed E-state index contributed by atoms with van der Waals surface area (Å²) in [7, 11) is 1.43. The fourth-order valence-corrected chi connectivity index (χ4v) is 1.14. The number of nitrogens with two attached hydrogens (primary N) is 1. The molecule has 0 aromatic heterocycles. The van der Waals surface area contributed by atoms with Gasteiger partial charge in [-0.1, -0.05) is 6.92 Å². The molecule has 3 nitrogen and oxygen atoms in total. The highest BCUT2D eigenvalue weighted by Gasteiger charge is 2.07. The second-order valence-corrected chi connectivity index (χ2v) is 3.00. The van der Waals surface area contributed by atoms with Gasteiger partial charge in [-0.2, -0.15) is 0 Å². The molecule has 0 saturated carbocycles. The number of benzene rings is 1. The summed E-state index contributed by atoms with van der Waals surface area (Å²) < 4.78 is 18.0. The van der Waals surface area contributed by atoms with Gasteiger partial charge < -0.3 is 15.8 Å². The molecule has 0 fully saturated rings. The van der Waals surface area contributed by atoms with Crippen LogP contribution in [0.5, 0.6) is 5.75 Å². The van der Waals surface area contributed by atoms with Gasteiger partial charge in [-0.3, -0.25) is 0 Å². The first-order chi connectivity index (χ1) is 6.69. The lowest BCUT2D eigenvalue weighted by molar-refractivity contribution is 0.387. The van der Waals surface area contributed by atoms with Crippen molar-refractivity contribution in [3.8, 4) is 5.75 Å². The summed E-state index contributed by atoms with van der Waals surface area (Å²) in [4.78, 5) is 0. The number of ether oxygens (including phenoxy) is 1. The summed E-state index contributed by atoms with van der Waals surface area (Å²) in [6.07, 6.45) is 0.985. The largest absolute Gasteiger partial charge is 0.494 e. The first-order valence-electron chi connectivity index (χ1n) is 4.56. The van der Waals surface area contributed by atoms with Crippen LogP contribution in [0, 0.1) is 5.82 Å². The molecule has 3 N–H and O–H groups in total. The molecule has 1 aromatic rings. The van der Waals surface area contributed by atoms with E-state index in [0.29, 0.717) is 11.4 Å². The normalized spacial score (nSPS) is 9.93. The molecule has 0 bridgehead atoms. The lowest BCUT2D eigenvalue weighted by Gasteiger charge is -2.10. The summed E-state index contributed by atoms with van der Waals surface area (Å²) in [5.41, 5.74) is 6.74. The molecule has 0 amide bonds. The lowest BCUT2D eigenvalue weighted by atomic mass is 10.2. The monoisotopic (exact) mass is 198 g/mol. The quantitative estimate of drug-likeness (QED) is 0.729. The minimum atomic E-state index is -0.438. The van der Waals surface area contributed by atoms with Crippen molar-refractivity contribution < 1.29 is 9.13 Å². The zero-order valence-electron chi connectivity index (χ0n) is 8.43. The molecular formula is C10H15FN2O. The van der Waals surface area contributed by atoms with Crippen molar-refractivity contribution >= 4 is 11.4 Å². The predicted molar refractivity (Wildman–Crippen MR) is 56.1 cm³/mol. The Morgan fingerprint density at radius 2 is 2.21 bits per heavy atom. The molecule has 78 valence electrons. The van der Waals surface area contributed by atoms with Crippen LogP contribution in [0.4, 0.5) is 15.8 Å². The smallest absolute Gasteiger partial charge is 0.167 e. The van der Waals surface area contributed by atoms with Gasteiger partial charge in [-0.15, -0.1) is 0 Å². The Bertz CT molecular complexity index is 315. The molecule has 0 unspecified atom stereocenters. The number of nitrogens with one attached hydrogen (secondary N) is 1. The number of methoxy groups -OCH3 is 1. The number of hydrogen-bond donors (Lipinski definition) is 2. The molecule has 0 aliphatic carbocycles. The van der Waals surface area contributed by atoms with E-state index in [2.05, 4.69) is 5.32 Å². The third kappa shape index (κ3) is 2.28. The fourth-order valence-electron chi connectivity index (χ4n) is 1.14. The third-order valence-corrected chi connectivity index (χ3v) is 1.89. The Kier molecular flexibility index (Phi) is 3.56. The molecule has 1 aromatic carbocycles. The van der Waals surface area contributed by atoms with Crippen molar-refractivity contribution in [3.63, 3.8) is 0 Å². The summed E-state index contributed by atoms with van der Waals surface area (Å²) in [5, 5.41) is 3.09. The van der Waals surface area contributed by atoms with Gasteiger partial charge in [0.05, 0.1) is 18.5 Å². The van der Waals surface area contributed by atoms with Crippen molar-refractivity contribution in [1.82, 2.24) is 0 Å². The Hall–Kier alpha value is -1.45. The topological polar surface area (TPSA) is 47.3 Å². The van der Waals surface area contributed by atoms with Crippen molar-refractivity contribution in [2.45, 2.75) is 13.3 Å². The molecule has 1 rings (SSSR count). The maximum Gasteiger partial charge on any atom is 0.167 e. The van der Waals surface area contributed by atoms with E-state index in [1.54, 1.807) is 6.07 Å². The van der Waals surface area contributed by atoms with Gasteiger partial charge in [0, 0.05) is 18.7 Å². The highest BCUT2D eigenvalue weighted by atomic mass is 19.1. The number of rotatable bonds is 4. The van der Waals surface area contributed by atoms with Gasteiger partial charge in [0.2, 0.25) is 0 Å². The van der Waals surface area contributed by atoms with E-state index in [-0.39, 0.29) is 5.75 Å². The van der Waals surface area contributed by atoms with Crippen molar-refractivity contribution in [2.75, 3.05) is 24.7 Å². The maximum atomic E-state index is 13.1. The van der Waals surface area contributed by atoms with Crippen molar-refractivity contribution in [1.29, 1.82) is 0 Å². The molecule has 4 heteroatoms. The Morgan fingerprint density at radius 3 is 2.79 bits per heavy atom. The fraction of sp³-hybridized carbons (Fsp3) is 0.400. The first-order valence-corrected chi connectivity index (χ1v) is 4.56. The zero-order valence-corrected chi connectivity index (χ0v) is 8.43. The molecule has 0 heterocycles.